The lowest BCUT2D eigenvalue weighted by molar-refractivity contribution is -0.125. The Hall–Kier alpha value is -5.77. The van der Waals surface area contributed by atoms with Crippen LogP contribution in [0.4, 0.5) is 16.6 Å². The van der Waals surface area contributed by atoms with E-state index < -0.39 is 36.8 Å². The van der Waals surface area contributed by atoms with E-state index >= 15 is 0 Å². The van der Waals surface area contributed by atoms with Gasteiger partial charge in [0.05, 0.1) is 18.4 Å². The molecule has 5 aromatic rings. The van der Waals surface area contributed by atoms with E-state index in [1.54, 1.807) is 29.1 Å². The van der Waals surface area contributed by atoms with Crippen molar-refractivity contribution in [2.75, 3.05) is 36.5 Å². The lowest BCUT2D eigenvalue weighted by Gasteiger charge is -2.22. The number of nitrogens with one attached hydrogen (secondary N) is 4. The fraction of sp³-hybridized carbons (Fsp3) is 0.342. The zero-order chi connectivity index (χ0) is 36.9. The second-order valence-corrected chi connectivity index (χ2v) is 13.5. The number of fused-ring (bicyclic) bond motifs is 1. The van der Waals surface area contributed by atoms with Gasteiger partial charge in [-0.3, -0.25) is 4.79 Å². The van der Waals surface area contributed by atoms with Gasteiger partial charge < -0.3 is 51.2 Å². The molecule has 2 aromatic heterocycles. The van der Waals surface area contributed by atoms with Crippen LogP contribution in [-0.2, 0) is 11.3 Å². The van der Waals surface area contributed by atoms with Gasteiger partial charge in [0.1, 0.15) is 24.6 Å². The number of imidazole rings is 1. The molecule has 15 heteroatoms. The van der Waals surface area contributed by atoms with Gasteiger partial charge >= 0.3 is 6.03 Å². The van der Waals surface area contributed by atoms with E-state index in [9.17, 15) is 30.0 Å². The van der Waals surface area contributed by atoms with Crippen LogP contribution in [0.5, 0.6) is 5.75 Å². The molecule has 15 nitrogen and oxygen atoms in total. The number of aliphatic hydroxyl groups is 3. The average Bonchev–Trinajstić information content (AvgIpc) is 3.89. The van der Waals surface area contributed by atoms with Crippen LogP contribution in [0.2, 0.25) is 0 Å². The molecule has 0 radical (unpaired) electrons. The summed E-state index contributed by atoms with van der Waals surface area (Å²) >= 11 is 0. The normalized spacial score (nSPS) is 21.2. The molecule has 3 aromatic carbocycles. The van der Waals surface area contributed by atoms with Crippen molar-refractivity contribution in [3.63, 3.8) is 0 Å². The highest BCUT2D eigenvalue weighted by Gasteiger charge is 2.44. The van der Waals surface area contributed by atoms with Crippen LogP contribution >= 0.6 is 0 Å². The molecule has 53 heavy (non-hydrogen) atoms. The maximum Gasteiger partial charge on any atom is 0.315 e. The number of phenolic OH excluding ortho intramolecular Hbond substituents is 1. The van der Waals surface area contributed by atoms with Crippen LogP contribution in [0.3, 0.4) is 0 Å². The molecule has 0 spiro atoms. The number of anilines is 2. The number of nitrogens with zero attached hydrogens (tertiary/aromatic N) is 5. The Morgan fingerprint density at radius 2 is 1.64 bits per heavy atom. The van der Waals surface area contributed by atoms with E-state index in [4.69, 9.17) is 9.97 Å². The number of hydrogen-bond acceptors (Lipinski definition) is 11. The molecule has 2 fully saturated rings. The molecule has 1 saturated carbocycles. The number of carbonyl (C=O) groups is 2. The molecule has 7 rings (SSSR count). The quantitative estimate of drug-likeness (QED) is 0.0934. The highest BCUT2D eigenvalue weighted by molar-refractivity contribution is 5.85. The van der Waals surface area contributed by atoms with Crippen molar-refractivity contribution in [3.05, 3.63) is 108 Å². The molecule has 1 aliphatic carbocycles. The lowest BCUT2D eigenvalue weighted by Crippen LogP contribution is -2.44. The number of hydrogen-bond donors (Lipinski definition) is 8. The minimum atomic E-state index is -1.27. The second-order valence-electron chi connectivity index (χ2n) is 13.5. The third-order valence-electron chi connectivity index (χ3n) is 9.96. The first kappa shape index (κ1) is 35.6. The number of carbonyl (C=O) groups excluding carboxylic acids is 2. The van der Waals surface area contributed by atoms with Crippen LogP contribution < -0.4 is 26.2 Å². The summed E-state index contributed by atoms with van der Waals surface area (Å²) < 4.78 is 1.71. The van der Waals surface area contributed by atoms with E-state index in [0.717, 1.165) is 16.7 Å². The smallest absolute Gasteiger partial charge is 0.315 e. The SMILES string of the molecule is O=C(CO)N[C@H]1C[C@@H](n2cnc3c(NCC(c4ccccc4)c4ccccc4)nc(N4CC[C@@H](NC(=O)NCc5cccc(O)c5)C4)nc32)[C@H](O)[C@@H]1O. The number of rotatable bonds is 12. The predicted molar refractivity (Wildman–Crippen MR) is 197 cm³/mol. The van der Waals surface area contributed by atoms with E-state index in [1.165, 1.54) is 0 Å². The molecule has 8 N–H and O–H groups in total. The van der Waals surface area contributed by atoms with Crippen molar-refractivity contribution in [2.24, 2.45) is 0 Å². The third kappa shape index (κ3) is 8.01. The maximum absolute atomic E-state index is 12.8. The molecule has 1 aliphatic heterocycles. The van der Waals surface area contributed by atoms with Gasteiger partial charge in [0.15, 0.2) is 17.0 Å². The number of benzene rings is 3. The average molecular weight is 722 g/mol. The standard InChI is InChI=1S/C38H43N9O6/c48-21-31(50)43-29-17-30(34(52)33(29)51)47-22-41-32-35(39-19-28(24-9-3-1-4-10-24)25-11-5-2-6-12-25)44-37(45-36(32)47)46-15-14-26(20-46)42-38(53)40-18-23-8-7-13-27(49)16-23/h1-13,16,22,26,28-30,33-34,48-49,51-52H,14-15,17-21H2,(H,43,50)(H,39,44,45)(H2,40,42,53)/t26-,29+,30-,33-,34+/m1/s1. The molecular weight excluding hydrogens is 678 g/mol. The number of urea groups is 1. The molecule has 3 amide bonds. The lowest BCUT2D eigenvalue weighted by atomic mass is 9.91. The summed E-state index contributed by atoms with van der Waals surface area (Å²) in [6.07, 6.45) is -0.132. The van der Waals surface area contributed by atoms with Crippen molar-refractivity contribution in [2.45, 2.75) is 55.6 Å². The minimum Gasteiger partial charge on any atom is -0.508 e. The Kier molecular flexibility index (Phi) is 10.7. The van der Waals surface area contributed by atoms with Gasteiger partial charge in [-0.15, -0.1) is 0 Å². The zero-order valence-electron chi connectivity index (χ0n) is 28.9. The molecule has 0 unspecified atom stereocenters. The van der Waals surface area contributed by atoms with Crippen molar-refractivity contribution in [3.8, 4) is 5.75 Å². The largest absolute Gasteiger partial charge is 0.508 e. The molecule has 1 saturated heterocycles. The van der Waals surface area contributed by atoms with Gasteiger partial charge in [0, 0.05) is 38.1 Å². The van der Waals surface area contributed by atoms with Crippen molar-refractivity contribution < 1.29 is 30.0 Å². The summed E-state index contributed by atoms with van der Waals surface area (Å²) in [5, 5.41) is 52.9. The summed E-state index contributed by atoms with van der Waals surface area (Å²) in [6.45, 7) is 1.01. The minimum absolute atomic E-state index is 0.0191. The molecular formula is C38H43N9O6. The van der Waals surface area contributed by atoms with Crippen LogP contribution in [0.1, 0.15) is 41.5 Å². The number of aromatic nitrogens is 4. The van der Waals surface area contributed by atoms with E-state index in [1.807, 2.05) is 47.4 Å². The Balaban J connectivity index is 1.16. The molecule has 3 heterocycles. The van der Waals surface area contributed by atoms with Crippen LogP contribution in [0, 0.1) is 0 Å². The van der Waals surface area contributed by atoms with Gasteiger partial charge in [-0.25, -0.2) is 9.78 Å². The van der Waals surface area contributed by atoms with Crippen molar-refractivity contribution >= 4 is 34.9 Å². The predicted octanol–water partition coefficient (Wildman–Crippen LogP) is 2.00. The number of aromatic hydroxyl groups is 1. The first-order valence-corrected chi connectivity index (χ1v) is 17.7. The molecule has 5 atom stereocenters. The van der Waals surface area contributed by atoms with Gasteiger partial charge in [-0.05, 0) is 41.7 Å². The van der Waals surface area contributed by atoms with Gasteiger partial charge in [-0.2, -0.15) is 9.97 Å². The van der Waals surface area contributed by atoms with Gasteiger partial charge in [-0.1, -0.05) is 72.8 Å². The first-order valence-electron chi connectivity index (χ1n) is 17.7. The summed E-state index contributed by atoms with van der Waals surface area (Å²) in [4.78, 5) is 41.3. The van der Waals surface area contributed by atoms with Crippen molar-refractivity contribution in [1.29, 1.82) is 0 Å². The Labute approximate surface area is 305 Å². The highest BCUT2D eigenvalue weighted by Crippen LogP contribution is 2.35. The van der Waals surface area contributed by atoms with Crippen molar-refractivity contribution in [1.82, 2.24) is 35.5 Å². The number of amides is 3. The molecule has 276 valence electrons. The van der Waals surface area contributed by atoms with Crippen LogP contribution in [-0.4, -0.2) is 102 Å². The van der Waals surface area contributed by atoms with E-state index in [2.05, 4.69) is 50.5 Å². The first-order chi connectivity index (χ1) is 25.8. The fourth-order valence-corrected chi connectivity index (χ4v) is 7.23. The zero-order valence-corrected chi connectivity index (χ0v) is 28.9. The van der Waals surface area contributed by atoms with E-state index in [-0.39, 0.29) is 36.7 Å². The summed E-state index contributed by atoms with van der Waals surface area (Å²) in [5.41, 5.74) is 3.92. The fourth-order valence-electron chi connectivity index (χ4n) is 7.23. The monoisotopic (exact) mass is 721 g/mol. The number of aliphatic hydroxyl groups excluding tert-OH is 3. The molecule has 2 aliphatic rings. The highest BCUT2D eigenvalue weighted by atomic mass is 16.3. The van der Waals surface area contributed by atoms with Crippen LogP contribution in [0.15, 0.2) is 91.3 Å². The van der Waals surface area contributed by atoms with Crippen LogP contribution in [0.25, 0.3) is 11.2 Å². The Bertz CT molecular complexity index is 1990. The maximum atomic E-state index is 12.8. The summed E-state index contributed by atoms with van der Waals surface area (Å²) in [5.74, 6) is 0.352. The number of phenols is 1. The Morgan fingerprint density at radius 3 is 2.34 bits per heavy atom. The molecule has 0 bridgehead atoms. The van der Waals surface area contributed by atoms with Gasteiger partial charge in [0.25, 0.3) is 0 Å². The summed E-state index contributed by atoms with van der Waals surface area (Å²) in [7, 11) is 0. The van der Waals surface area contributed by atoms with E-state index in [0.29, 0.717) is 49.0 Å². The van der Waals surface area contributed by atoms with Gasteiger partial charge in [0.2, 0.25) is 11.9 Å². The third-order valence-corrected chi connectivity index (χ3v) is 9.96. The topological polar surface area (TPSA) is 210 Å². The summed E-state index contributed by atoms with van der Waals surface area (Å²) in [6, 6.07) is 25.1. The Morgan fingerprint density at radius 1 is 0.906 bits per heavy atom. The second kappa shape index (κ2) is 15.9.